The van der Waals surface area contributed by atoms with Crippen molar-refractivity contribution in [1.82, 2.24) is 0 Å². The maximum atomic E-state index is 12.3. The molecular formula is C55H94O5. The number of hydrogen-bond acceptors (Lipinski definition) is 5. The topological polar surface area (TPSA) is 72.8 Å². The Kier molecular flexibility index (Phi) is 48.0. The summed E-state index contributed by atoms with van der Waals surface area (Å²) in [6, 6.07) is 0. The molecule has 0 radical (unpaired) electrons. The van der Waals surface area contributed by atoms with E-state index in [0.717, 1.165) is 83.5 Å². The number of esters is 2. The number of aliphatic hydroxyl groups excluding tert-OH is 1. The van der Waals surface area contributed by atoms with E-state index in [1.807, 2.05) is 0 Å². The molecule has 0 aromatic rings. The van der Waals surface area contributed by atoms with Crippen LogP contribution in [0.1, 0.15) is 232 Å². The van der Waals surface area contributed by atoms with Crippen molar-refractivity contribution in [3.8, 4) is 0 Å². The second kappa shape index (κ2) is 50.4. The molecule has 60 heavy (non-hydrogen) atoms. The highest BCUT2D eigenvalue weighted by molar-refractivity contribution is 5.70. The highest BCUT2D eigenvalue weighted by atomic mass is 16.6. The molecule has 5 heteroatoms. The Bertz CT molecular complexity index is 1130. The molecule has 0 bridgehead atoms. The van der Waals surface area contributed by atoms with Crippen molar-refractivity contribution in [2.45, 2.75) is 238 Å². The number of hydrogen-bond donors (Lipinski definition) is 1. The molecule has 0 aromatic carbocycles. The van der Waals surface area contributed by atoms with Gasteiger partial charge in [-0.3, -0.25) is 9.59 Å². The first-order chi connectivity index (χ1) is 29.6. The normalized spacial score (nSPS) is 12.9. The fourth-order valence-electron chi connectivity index (χ4n) is 6.91. The van der Waals surface area contributed by atoms with Crippen LogP contribution < -0.4 is 0 Å². The molecule has 0 spiro atoms. The molecule has 0 aromatic heterocycles. The molecule has 1 atom stereocenters. The van der Waals surface area contributed by atoms with Crippen molar-refractivity contribution in [2.75, 3.05) is 13.2 Å². The van der Waals surface area contributed by atoms with Crippen LogP contribution in [0.5, 0.6) is 0 Å². The summed E-state index contributed by atoms with van der Waals surface area (Å²) < 4.78 is 10.7. The van der Waals surface area contributed by atoms with E-state index in [1.165, 1.54) is 122 Å². The Balaban J connectivity index is 3.55. The third kappa shape index (κ3) is 47.8. The number of aliphatic hydroxyl groups is 1. The minimum absolute atomic E-state index is 0.0767. The van der Waals surface area contributed by atoms with E-state index in [4.69, 9.17) is 9.47 Å². The molecule has 1 unspecified atom stereocenters. The van der Waals surface area contributed by atoms with Crippen LogP contribution in [0, 0.1) is 0 Å². The molecule has 0 rings (SSSR count). The quantitative estimate of drug-likeness (QED) is 0.0376. The van der Waals surface area contributed by atoms with E-state index < -0.39 is 6.10 Å². The zero-order valence-electron chi connectivity index (χ0n) is 39.2. The second-order valence-electron chi connectivity index (χ2n) is 16.5. The highest BCUT2D eigenvalue weighted by Crippen LogP contribution is 2.15. The van der Waals surface area contributed by atoms with E-state index in [-0.39, 0.29) is 25.2 Å². The summed E-state index contributed by atoms with van der Waals surface area (Å²) in [5, 5.41) is 9.63. The minimum atomic E-state index is -0.783. The first-order valence-corrected chi connectivity index (χ1v) is 25.1. The van der Waals surface area contributed by atoms with Crippen molar-refractivity contribution in [2.24, 2.45) is 0 Å². The van der Waals surface area contributed by atoms with Crippen LogP contribution in [0.25, 0.3) is 0 Å². The maximum Gasteiger partial charge on any atom is 0.306 e. The van der Waals surface area contributed by atoms with Crippen molar-refractivity contribution < 1.29 is 24.2 Å². The monoisotopic (exact) mass is 835 g/mol. The summed E-state index contributed by atoms with van der Waals surface area (Å²) >= 11 is 0. The lowest BCUT2D eigenvalue weighted by atomic mass is 10.0. The number of unbranched alkanes of at least 4 members (excludes halogenated alkanes) is 23. The van der Waals surface area contributed by atoms with Gasteiger partial charge in [0.05, 0.1) is 6.61 Å². The molecule has 5 nitrogen and oxygen atoms in total. The molecule has 0 aliphatic heterocycles. The smallest absolute Gasteiger partial charge is 0.306 e. The fraction of sp³-hybridized carbons (Fsp3) is 0.709. The van der Waals surface area contributed by atoms with Gasteiger partial charge in [0, 0.05) is 12.8 Å². The molecule has 344 valence electrons. The largest absolute Gasteiger partial charge is 0.462 e. The van der Waals surface area contributed by atoms with Crippen LogP contribution >= 0.6 is 0 Å². The Morgan fingerprint density at radius 1 is 0.400 bits per heavy atom. The number of carbonyl (C=O) groups excluding carboxylic acids is 2. The standard InChI is InChI=1S/C55H94O5/c1-3-5-7-9-11-13-15-17-19-21-23-25-26-27-28-30-32-34-36-38-40-42-44-46-48-50-55(58)60-53(51-56)52-59-54(57)49-47-45-43-41-39-37-35-33-31-29-24-22-20-18-16-14-12-10-8-6-4-2/h5,7,11,13,16-19,22-25,31,33,53,56H,3-4,6,8-10,12,14-15,20-21,26-30,32,34-52H2,1-2H3/b7-5-,13-11-,18-16-,19-17-,24-22-,25-23-,33-31-. The van der Waals surface area contributed by atoms with Gasteiger partial charge in [-0.1, -0.05) is 214 Å². The van der Waals surface area contributed by atoms with E-state index >= 15 is 0 Å². The summed E-state index contributed by atoms with van der Waals surface area (Å²) in [4.78, 5) is 24.4. The summed E-state index contributed by atoms with van der Waals surface area (Å²) in [6.07, 6.45) is 69.5. The molecule has 0 amide bonds. The molecular weight excluding hydrogens is 741 g/mol. The molecule has 0 saturated heterocycles. The lowest BCUT2D eigenvalue weighted by molar-refractivity contribution is -0.161. The van der Waals surface area contributed by atoms with Gasteiger partial charge in [-0.25, -0.2) is 0 Å². The third-order valence-electron chi connectivity index (χ3n) is 10.7. The van der Waals surface area contributed by atoms with Gasteiger partial charge in [0.1, 0.15) is 6.61 Å². The van der Waals surface area contributed by atoms with Gasteiger partial charge in [-0.2, -0.15) is 0 Å². The predicted octanol–water partition coefficient (Wildman–Crippen LogP) is 16.6. The Labute approximate surface area is 371 Å². The summed E-state index contributed by atoms with van der Waals surface area (Å²) in [6.45, 7) is 4.01. The van der Waals surface area contributed by atoms with E-state index in [2.05, 4.69) is 98.9 Å². The van der Waals surface area contributed by atoms with Crippen molar-refractivity contribution >= 4 is 11.9 Å². The fourth-order valence-corrected chi connectivity index (χ4v) is 6.91. The number of allylic oxidation sites excluding steroid dienone is 14. The van der Waals surface area contributed by atoms with Crippen LogP contribution in [-0.2, 0) is 19.1 Å². The molecule has 0 saturated carbocycles. The first-order valence-electron chi connectivity index (χ1n) is 25.1. The lowest BCUT2D eigenvalue weighted by Crippen LogP contribution is -2.28. The number of ether oxygens (including phenoxy) is 2. The molecule has 1 N–H and O–H groups in total. The SMILES string of the molecule is CC/C=C\C/C=C\C/C=C\C/C=C\CCCCCCCCCCCCCCC(=O)OC(CO)COC(=O)CCCCCCCC/C=C\C/C=C\C/C=C\CCCCCCC. The van der Waals surface area contributed by atoms with Crippen LogP contribution in [0.3, 0.4) is 0 Å². The second-order valence-corrected chi connectivity index (χ2v) is 16.5. The van der Waals surface area contributed by atoms with Crippen LogP contribution in [0.2, 0.25) is 0 Å². The highest BCUT2D eigenvalue weighted by Gasteiger charge is 2.16. The van der Waals surface area contributed by atoms with Gasteiger partial charge in [-0.15, -0.1) is 0 Å². The zero-order chi connectivity index (χ0) is 43.5. The summed E-state index contributed by atoms with van der Waals surface area (Å²) in [7, 11) is 0. The van der Waals surface area contributed by atoms with Gasteiger partial charge in [-0.05, 0) is 89.9 Å². The Morgan fingerprint density at radius 3 is 1.08 bits per heavy atom. The molecule has 0 fully saturated rings. The average Bonchev–Trinajstić information content (AvgIpc) is 3.25. The summed E-state index contributed by atoms with van der Waals surface area (Å²) in [5.41, 5.74) is 0. The predicted molar refractivity (Wildman–Crippen MR) is 260 cm³/mol. The van der Waals surface area contributed by atoms with E-state index in [9.17, 15) is 14.7 Å². The lowest BCUT2D eigenvalue weighted by Gasteiger charge is -2.15. The Morgan fingerprint density at radius 2 is 0.717 bits per heavy atom. The van der Waals surface area contributed by atoms with Gasteiger partial charge in [0.2, 0.25) is 0 Å². The van der Waals surface area contributed by atoms with E-state index in [1.54, 1.807) is 0 Å². The van der Waals surface area contributed by atoms with Gasteiger partial charge >= 0.3 is 11.9 Å². The summed E-state index contributed by atoms with van der Waals surface area (Å²) in [5.74, 6) is -0.608. The molecule has 0 aliphatic carbocycles. The minimum Gasteiger partial charge on any atom is -0.462 e. The third-order valence-corrected chi connectivity index (χ3v) is 10.7. The van der Waals surface area contributed by atoms with Crippen LogP contribution in [0.4, 0.5) is 0 Å². The zero-order valence-corrected chi connectivity index (χ0v) is 39.2. The average molecular weight is 835 g/mol. The molecule has 0 aliphatic rings. The van der Waals surface area contributed by atoms with Crippen molar-refractivity contribution in [3.63, 3.8) is 0 Å². The number of carbonyl (C=O) groups is 2. The van der Waals surface area contributed by atoms with Crippen molar-refractivity contribution in [3.05, 3.63) is 85.1 Å². The first kappa shape index (κ1) is 57.1. The number of rotatable bonds is 45. The Hall–Kier alpha value is -2.92. The van der Waals surface area contributed by atoms with Gasteiger partial charge in [0.25, 0.3) is 0 Å². The van der Waals surface area contributed by atoms with Gasteiger partial charge < -0.3 is 14.6 Å². The molecule has 0 heterocycles. The van der Waals surface area contributed by atoms with Crippen molar-refractivity contribution in [1.29, 1.82) is 0 Å². The van der Waals surface area contributed by atoms with Gasteiger partial charge in [0.15, 0.2) is 6.10 Å². The van der Waals surface area contributed by atoms with Crippen LogP contribution in [-0.4, -0.2) is 36.4 Å². The van der Waals surface area contributed by atoms with E-state index in [0.29, 0.717) is 12.8 Å². The van der Waals surface area contributed by atoms with Crippen LogP contribution in [0.15, 0.2) is 85.1 Å². The maximum absolute atomic E-state index is 12.3.